The van der Waals surface area contributed by atoms with E-state index in [0.29, 0.717) is 5.69 Å². The summed E-state index contributed by atoms with van der Waals surface area (Å²) >= 11 is 0. The van der Waals surface area contributed by atoms with Crippen molar-refractivity contribution in [2.24, 2.45) is 5.84 Å². The molecular formula is C12H11N3O3. The first-order valence-corrected chi connectivity index (χ1v) is 5.17. The summed E-state index contributed by atoms with van der Waals surface area (Å²) in [7, 11) is 0. The van der Waals surface area contributed by atoms with E-state index in [1.807, 2.05) is 5.43 Å². The van der Waals surface area contributed by atoms with Gasteiger partial charge in [0.1, 0.15) is 0 Å². The van der Waals surface area contributed by atoms with Crippen LogP contribution in [0.3, 0.4) is 0 Å². The molecule has 18 heavy (non-hydrogen) atoms. The number of nitrogens with two attached hydrogens (primary N) is 1. The van der Waals surface area contributed by atoms with Crippen molar-refractivity contribution in [3.8, 4) is 0 Å². The van der Waals surface area contributed by atoms with Gasteiger partial charge in [-0.25, -0.2) is 5.84 Å². The number of anilines is 1. The highest BCUT2D eigenvalue weighted by Gasteiger charge is 2.14. The lowest BCUT2D eigenvalue weighted by molar-refractivity contribution is 0.0954. The van der Waals surface area contributed by atoms with E-state index in [0.717, 1.165) is 0 Å². The van der Waals surface area contributed by atoms with Gasteiger partial charge in [0.15, 0.2) is 5.76 Å². The predicted octanol–water partition coefficient (Wildman–Crippen LogP) is 1.14. The maximum absolute atomic E-state index is 11.8. The van der Waals surface area contributed by atoms with Gasteiger partial charge in [0.05, 0.1) is 17.5 Å². The minimum Gasteiger partial charge on any atom is -0.459 e. The number of amides is 2. The van der Waals surface area contributed by atoms with Crippen molar-refractivity contribution < 1.29 is 14.0 Å². The van der Waals surface area contributed by atoms with Crippen molar-refractivity contribution in [3.05, 3.63) is 54.0 Å². The average Bonchev–Trinajstić information content (AvgIpc) is 2.92. The van der Waals surface area contributed by atoms with Gasteiger partial charge in [0.25, 0.3) is 11.8 Å². The van der Waals surface area contributed by atoms with Crippen LogP contribution in [-0.4, -0.2) is 11.8 Å². The van der Waals surface area contributed by atoms with Crippen molar-refractivity contribution in [1.82, 2.24) is 5.43 Å². The van der Waals surface area contributed by atoms with Crippen molar-refractivity contribution >= 4 is 17.5 Å². The molecule has 0 saturated carbocycles. The van der Waals surface area contributed by atoms with Crippen LogP contribution >= 0.6 is 0 Å². The van der Waals surface area contributed by atoms with Gasteiger partial charge in [-0.1, -0.05) is 12.1 Å². The third-order valence-corrected chi connectivity index (χ3v) is 2.30. The van der Waals surface area contributed by atoms with Crippen molar-refractivity contribution in [2.45, 2.75) is 0 Å². The van der Waals surface area contributed by atoms with Crippen molar-refractivity contribution in [3.63, 3.8) is 0 Å². The Kier molecular flexibility index (Phi) is 3.40. The number of carbonyl (C=O) groups excluding carboxylic acids is 2. The molecule has 1 aromatic heterocycles. The zero-order valence-corrected chi connectivity index (χ0v) is 9.34. The standard InChI is InChI=1S/C12H11N3O3/c13-15-11(16)8-4-1-2-5-9(8)14-12(17)10-6-3-7-18-10/h1-7H,13H2,(H,14,17)(H,15,16). The van der Waals surface area contributed by atoms with Crippen LogP contribution in [0.2, 0.25) is 0 Å². The Morgan fingerprint density at radius 2 is 1.83 bits per heavy atom. The molecule has 4 N–H and O–H groups in total. The number of benzene rings is 1. The molecule has 0 unspecified atom stereocenters. The second-order valence-electron chi connectivity index (χ2n) is 3.45. The first kappa shape index (κ1) is 11.9. The van der Waals surface area contributed by atoms with Crippen LogP contribution in [-0.2, 0) is 0 Å². The zero-order chi connectivity index (χ0) is 13.0. The monoisotopic (exact) mass is 245 g/mol. The molecule has 92 valence electrons. The van der Waals surface area contributed by atoms with Crippen LogP contribution in [0.4, 0.5) is 5.69 Å². The summed E-state index contributed by atoms with van der Waals surface area (Å²) in [5.41, 5.74) is 2.66. The Morgan fingerprint density at radius 1 is 1.06 bits per heavy atom. The average molecular weight is 245 g/mol. The highest BCUT2D eigenvalue weighted by Crippen LogP contribution is 2.16. The van der Waals surface area contributed by atoms with E-state index in [4.69, 9.17) is 10.3 Å². The third-order valence-electron chi connectivity index (χ3n) is 2.30. The SMILES string of the molecule is NNC(=O)c1ccccc1NC(=O)c1ccco1. The number of hydrogen-bond acceptors (Lipinski definition) is 4. The van der Waals surface area contributed by atoms with Gasteiger partial charge in [0, 0.05) is 0 Å². The van der Waals surface area contributed by atoms with Gasteiger partial charge < -0.3 is 9.73 Å². The number of nitrogen functional groups attached to an aromatic ring is 1. The first-order chi connectivity index (χ1) is 8.72. The fraction of sp³-hybridized carbons (Fsp3) is 0. The Bertz CT molecular complexity index is 564. The van der Waals surface area contributed by atoms with E-state index in [2.05, 4.69) is 5.32 Å². The van der Waals surface area contributed by atoms with E-state index in [1.165, 1.54) is 12.3 Å². The zero-order valence-electron chi connectivity index (χ0n) is 9.34. The molecule has 0 spiro atoms. The molecule has 2 amide bonds. The molecule has 1 aromatic carbocycles. The Morgan fingerprint density at radius 3 is 2.50 bits per heavy atom. The number of hydrogen-bond donors (Lipinski definition) is 3. The molecule has 0 aliphatic heterocycles. The van der Waals surface area contributed by atoms with Crippen LogP contribution in [0.1, 0.15) is 20.9 Å². The molecule has 6 heteroatoms. The smallest absolute Gasteiger partial charge is 0.291 e. The molecular weight excluding hydrogens is 234 g/mol. The quantitative estimate of drug-likeness (QED) is 0.429. The Balaban J connectivity index is 2.24. The molecule has 0 bridgehead atoms. The second kappa shape index (κ2) is 5.15. The maximum Gasteiger partial charge on any atom is 0.291 e. The van der Waals surface area contributed by atoms with E-state index < -0.39 is 11.8 Å². The molecule has 0 aliphatic carbocycles. The molecule has 1 heterocycles. The largest absolute Gasteiger partial charge is 0.459 e. The lowest BCUT2D eigenvalue weighted by Crippen LogP contribution is -2.31. The first-order valence-electron chi connectivity index (χ1n) is 5.17. The third kappa shape index (κ3) is 2.38. The van der Waals surface area contributed by atoms with Crippen LogP contribution in [0.25, 0.3) is 0 Å². The molecule has 2 aromatic rings. The number of para-hydroxylation sites is 1. The minimum absolute atomic E-state index is 0.165. The van der Waals surface area contributed by atoms with E-state index in [-0.39, 0.29) is 11.3 Å². The predicted molar refractivity (Wildman–Crippen MR) is 64.8 cm³/mol. The van der Waals surface area contributed by atoms with E-state index in [1.54, 1.807) is 30.3 Å². The fourth-order valence-electron chi connectivity index (χ4n) is 1.46. The molecule has 2 rings (SSSR count). The van der Waals surface area contributed by atoms with Crippen LogP contribution < -0.4 is 16.6 Å². The number of carbonyl (C=O) groups is 2. The number of hydrazine groups is 1. The summed E-state index contributed by atoms with van der Waals surface area (Å²) in [5.74, 6) is 4.32. The molecule has 0 radical (unpaired) electrons. The summed E-state index contributed by atoms with van der Waals surface area (Å²) in [6.07, 6.45) is 1.40. The van der Waals surface area contributed by atoms with Gasteiger partial charge in [-0.05, 0) is 24.3 Å². The van der Waals surface area contributed by atoms with Gasteiger partial charge in [-0.3, -0.25) is 15.0 Å². The summed E-state index contributed by atoms with van der Waals surface area (Å²) in [6, 6.07) is 9.66. The van der Waals surface area contributed by atoms with Gasteiger partial charge in [0.2, 0.25) is 0 Å². The normalized spacial score (nSPS) is 9.83. The van der Waals surface area contributed by atoms with Crippen molar-refractivity contribution in [2.75, 3.05) is 5.32 Å². The Labute approximate surface area is 103 Å². The summed E-state index contributed by atoms with van der Waals surface area (Å²) in [6.45, 7) is 0. The molecule has 0 fully saturated rings. The highest BCUT2D eigenvalue weighted by atomic mass is 16.3. The Hall–Kier alpha value is -2.60. The van der Waals surface area contributed by atoms with E-state index in [9.17, 15) is 9.59 Å². The maximum atomic E-state index is 11.8. The summed E-state index contributed by atoms with van der Waals surface area (Å²) in [5, 5.41) is 2.58. The molecule has 6 nitrogen and oxygen atoms in total. The second-order valence-corrected chi connectivity index (χ2v) is 3.45. The summed E-state index contributed by atoms with van der Waals surface area (Å²) in [4.78, 5) is 23.3. The number of furan rings is 1. The summed E-state index contributed by atoms with van der Waals surface area (Å²) < 4.78 is 4.96. The lowest BCUT2D eigenvalue weighted by atomic mass is 10.1. The number of nitrogens with one attached hydrogen (secondary N) is 2. The van der Waals surface area contributed by atoms with Gasteiger partial charge >= 0.3 is 0 Å². The number of rotatable bonds is 3. The van der Waals surface area contributed by atoms with Crippen molar-refractivity contribution in [1.29, 1.82) is 0 Å². The molecule has 0 aliphatic rings. The fourth-order valence-corrected chi connectivity index (χ4v) is 1.46. The van der Waals surface area contributed by atoms with Crippen LogP contribution in [0.5, 0.6) is 0 Å². The van der Waals surface area contributed by atoms with Gasteiger partial charge in [-0.2, -0.15) is 0 Å². The molecule has 0 atom stereocenters. The lowest BCUT2D eigenvalue weighted by Gasteiger charge is -2.08. The topological polar surface area (TPSA) is 97.4 Å². The van der Waals surface area contributed by atoms with E-state index >= 15 is 0 Å². The van der Waals surface area contributed by atoms with Crippen LogP contribution in [0, 0.1) is 0 Å². The van der Waals surface area contributed by atoms with Gasteiger partial charge in [-0.15, -0.1) is 0 Å². The highest BCUT2D eigenvalue weighted by molar-refractivity contribution is 6.07. The minimum atomic E-state index is -0.481. The molecule has 0 saturated heterocycles. The van der Waals surface area contributed by atoms with Crippen LogP contribution in [0.15, 0.2) is 47.1 Å².